The number of aromatic nitrogens is 3. The van der Waals surface area contributed by atoms with Crippen molar-refractivity contribution in [2.75, 3.05) is 13.1 Å². The molecule has 1 aromatic heterocycles. The van der Waals surface area contributed by atoms with Gasteiger partial charge in [-0.3, -0.25) is 0 Å². The van der Waals surface area contributed by atoms with Crippen molar-refractivity contribution < 1.29 is 4.74 Å². The van der Waals surface area contributed by atoms with Gasteiger partial charge in [0.2, 0.25) is 0 Å². The van der Waals surface area contributed by atoms with Crippen molar-refractivity contribution in [2.45, 2.75) is 32.5 Å². The third kappa shape index (κ3) is 2.54. The molecule has 1 aliphatic heterocycles. The van der Waals surface area contributed by atoms with Gasteiger partial charge >= 0.3 is 0 Å². The van der Waals surface area contributed by atoms with Crippen LogP contribution in [-0.4, -0.2) is 34.0 Å². The minimum absolute atomic E-state index is 0.329. The molecule has 1 fully saturated rings. The molecule has 5 nitrogen and oxygen atoms in total. The van der Waals surface area contributed by atoms with Crippen LogP contribution in [0.1, 0.15) is 24.5 Å². The number of aryl methyl sites for hydroxylation is 1. The fraction of sp³-hybridized carbons (Fsp3) is 0.800. The maximum atomic E-state index is 5.78. The number of nitrogens with zero attached hydrogens (tertiary/aromatic N) is 3. The van der Waals surface area contributed by atoms with E-state index >= 15 is 0 Å². The highest BCUT2D eigenvalue weighted by molar-refractivity contribution is 4.90. The Bertz CT molecular complexity index is 317. The minimum atomic E-state index is 0.329. The van der Waals surface area contributed by atoms with Crippen LogP contribution in [0.4, 0.5) is 0 Å². The Morgan fingerprint density at radius 1 is 1.53 bits per heavy atom. The first-order valence-electron chi connectivity index (χ1n) is 5.44. The Balaban J connectivity index is 1.84. The molecule has 0 spiro atoms. The second kappa shape index (κ2) is 4.72. The highest BCUT2D eigenvalue weighted by atomic mass is 16.5. The van der Waals surface area contributed by atoms with Crippen molar-refractivity contribution in [2.24, 2.45) is 7.05 Å². The summed E-state index contributed by atoms with van der Waals surface area (Å²) in [6.07, 6.45) is 2.67. The summed E-state index contributed by atoms with van der Waals surface area (Å²) in [6.45, 7) is 4.57. The molecule has 15 heavy (non-hydrogen) atoms. The molecular formula is C10H18N4O. The molecule has 0 saturated carbocycles. The van der Waals surface area contributed by atoms with Gasteiger partial charge < -0.3 is 14.6 Å². The van der Waals surface area contributed by atoms with E-state index in [1.807, 2.05) is 18.5 Å². The summed E-state index contributed by atoms with van der Waals surface area (Å²) in [5.41, 5.74) is 0. The smallest absolute Gasteiger partial charge is 0.158 e. The molecule has 84 valence electrons. The lowest BCUT2D eigenvalue weighted by atomic mass is 10.1. The Labute approximate surface area is 89.8 Å². The number of hydrogen-bond donors (Lipinski definition) is 1. The zero-order valence-electron chi connectivity index (χ0n) is 9.36. The molecule has 1 atom stereocenters. The zero-order valence-corrected chi connectivity index (χ0v) is 9.36. The average molecular weight is 210 g/mol. The summed E-state index contributed by atoms with van der Waals surface area (Å²) >= 11 is 0. The monoisotopic (exact) mass is 210 g/mol. The lowest BCUT2D eigenvalue weighted by molar-refractivity contribution is 0.0206. The van der Waals surface area contributed by atoms with E-state index in [0.717, 1.165) is 31.2 Å². The van der Waals surface area contributed by atoms with E-state index in [2.05, 4.69) is 15.5 Å². The Morgan fingerprint density at radius 3 is 3.00 bits per heavy atom. The summed E-state index contributed by atoms with van der Waals surface area (Å²) in [5, 5.41) is 11.4. The van der Waals surface area contributed by atoms with Gasteiger partial charge in [-0.2, -0.15) is 0 Å². The molecule has 1 aliphatic rings. The first-order chi connectivity index (χ1) is 7.27. The van der Waals surface area contributed by atoms with Gasteiger partial charge in [0.05, 0.1) is 6.10 Å². The van der Waals surface area contributed by atoms with Crippen molar-refractivity contribution in [3.63, 3.8) is 0 Å². The van der Waals surface area contributed by atoms with E-state index < -0.39 is 0 Å². The molecule has 5 heteroatoms. The second-order valence-corrected chi connectivity index (χ2v) is 4.00. The maximum absolute atomic E-state index is 5.78. The first-order valence-corrected chi connectivity index (χ1v) is 5.44. The summed E-state index contributed by atoms with van der Waals surface area (Å²) in [4.78, 5) is 0. The third-order valence-corrected chi connectivity index (χ3v) is 2.88. The van der Waals surface area contributed by atoms with Crippen LogP contribution in [0.15, 0.2) is 0 Å². The van der Waals surface area contributed by atoms with Crippen LogP contribution >= 0.6 is 0 Å². The standard InChI is InChI=1S/C10H18N4O/c1-8-12-13-10(14(8)2)7-15-9-4-3-5-11-6-9/h9,11H,3-7H2,1-2H3. The molecule has 0 amide bonds. The molecule has 1 N–H and O–H groups in total. The molecule has 0 radical (unpaired) electrons. The van der Waals surface area contributed by atoms with Gasteiger partial charge in [-0.25, -0.2) is 0 Å². The van der Waals surface area contributed by atoms with Crippen LogP contribution < -0.4 is 5.32 Å². The van der Waals surface area contributed by atoms with Crippen LogP contribution in [0.5, 0.6) is 0 Å². The van der Waals surface area contributed by atoms with Crippen LogP contribution in [0, 0.1) is 6.92 Å². The van der Waals surface area contributed by atoms with Crippen molar-refractivity contribution in [3.05, 3.63) is 11.6 Å². The fourth-order valence-electron chi connectivity index (χ4n) is 1.73. The van der Waals surface area contributed by atoms with Crippen LogP contribution in [0.25, 0.3) is 0 Å². The highest BCUT2D eigenvalue weighted by Gasteiger charge is 2.14. The number of rotatable bonds is 3. The van der Waals surface area contributed by atoms with Gasteiger partial charge in [0, 0.05) is 13.6 Å². The molecule has 0 aliphatic carbocycles. The molecule has 0 aromatic carbocycles. The van der Waals surface area contributed by atoms with Gasteiger partial charge in [-0.15, -0.1) is 10.2 Å². The van der Waals surface area contributed by atoms with Crippen molar-refractivity contribution in [3.8, 4) is 0 Å². The van der Waals surface area contributed by atoms with E-state index in [-0.39, 0.29) is 0 Å². The highest BCUT2D eigenvalue weighted by Crippen LogP contribution is 2.08. The van der Waals surface area contributed by atoms with Crippen LogP contribution in [0.2, 0.25) is 0 Å². The molecule has 1 aromatic rings. The van der Waals surface area contributed by atoms with Crippen molar-refractivity contribution >= 4 is 0 Å². The number of nitrogens with one attached hydrogen (secondary N) is 1. The van der Waals surface area contributed by atoms with E-state index in [1.165, 1.54) is 6.42 Å². The molecule has 2 rings (SSSR count). The van der Waals surface area contributed by atoms with Gasteiger partial charge in [-0.1, -0.05) is 0 Å². The zero-order chi connectivity index (χ0) is 10.7. The number of hydrogen-bond acceptors (Lipinski definition) is 4. The SMILES string of the molecule is Cc1nnc(COC2CCCNC2)n1C. The lowest BCUT2D eigenvalue weighted by Crippen LogP contribution is -2.35. The maximum Gasteiger partial charge on any atom is 0.158 e. The summed E-state index contributed by atoms with van der Waals surface area (Å²) in [6, 6.07) is 0. The van der Waals surface area contributed by atoms with E-state index in [4.69, 9.17) is 4.74 Å². The molecule has 0 bridgehead atoms. The Morgan fingerprint density at radius 2 is 2.40 bits per heavy atom. The van der Waals surface area contributed by atoms with Gasteiger partial charge in [0.1, 0.15) is 12.4 Å². The minimum Gasteiger partial charge on any atom is -0.369 e. The van der Waals surface area contributed by atoms with E-state index in [0.29, 0.717) is 12.7 Å². The summed E-state index contributed by atoms with van der Waals surface area (Å²) < 4.78 is 7.75. The Kier molecular flexibility index (Phi) is 3.33. The summed E-state index contributed by atoms with van der Waals surface area (Å²) in [5.74, 6) is 1.83. The Hall–Kier alpha value is -0.940. The van der Waals surface area contributed by atoms with Crippen molar-refractivity contribution in [1.82, 2.24) is 20.1 Å². The number of piperidine rings is 1. The normalized spacial score (nSPS) is 21.9. The quantitative estimate of drug-likeness (QED) is 0.784. The predicted molar refractivity (Wildman–Crippen MR) is 56.4 cm³/mol. The largest absolute Gasteiger partial charge is 0.369 e. The number of ether oxygens (including phenoxy) is 1. The van der Waals surface area contributed by atoms with Crippen LogP contribution in [0.3, 0.4) is 0 Å². The molecular weight excluding hydrogens is 192 g/mol. The van der Waals surface area contributed by atoms with Gasteiger partial charge in [-0.05, 0) is 26.3 Å². The van der Waals surface area contributed by atoms with Gasteiger partial charge in [0.15, 0.2) is 5.82 Å². The lowest BCUT2D eigenvalue weighted by Gasteiger charge is -2.22. The molecule has 1 unspecified atom stereocenters. The van der Waals surface area contributed by atoms with E-state index in [9.17, 15) is 0 Å². The second-order valence-electron chi connectivity index (χ2n) is 4.00. The van der Waals surface area contributed by atoms with Gasteiger partial charge in [0.25, 0.3) is 0 Å². The summed E-state index contributed by atoms with van der Waals surface area (Å²) in [7, 11) is 1.97. The average Bonchev–Trinajstić information content (AvgIpc) is 2.59. The van der Waals surface area contributed by atoms with Crippen LogP contribution in [-0.2, 0) is 18.4 Å². The first kappa shape index (κ1) is 10.6. The molecule has 1 saturated heterocycles. The predicted octanol–water partition coefficient (Wildman–Crippen LogP) is 0.392. The fourth-order valence-corrected chi connectivity index (χ4v) is 1.73. The topological polar surface area (TPSA) is 52.0 Å². The van der Waals surface area contributed by atoms with E-state index in [1.54, 1.807) is 0 Å². The van der Waals surface area contributed by atoms with Crippen molar-refractivity contribution in [1.29, 1.82) is 0 Å². The third-order valence-electron chi connectivity index (χ3n) is 2.88. The molecule has 2 heterocycles.